The summed E-state index contributed by atoms with van der Waals surface area (Å²) in [5.41, 5.74) is 2.12. The highest BCUT2D eigenvalue weighted by Gasteiger charge is 2.26. The maximum atomic E-state index is 13.3. The van der Waals surface area contributed by atoms with Gasteiger partial charge in [0.15, 0.2) is 5.78 Å². The normalized spacial score (nSPS) is 11.9. The van der Waals surface area contributed by atoms with Crippen molar-refractivity contribution < 1.29 is 15.0 Å². The van der Waals surface area contributed by atoms with Crippen LogP contribution in [0.2, 0.25) is 0 Å². The van der Waals surface area contributed by atoms with E-state index in [1.807, 2.05) is 31.2 Å². The lowest BCUT2D eigenvalue weighted by Gasteiger charge is -2.21. The molecule has 1 atom stereocenters. The summed E-state index contributed by atoms with van der Waals surface area (Å²) in [5, 5.41) is 24.9. The predicted molar refractivity (Wildman–Crippen MR) is 125 cm³/mol. The van der Waals surface area contributed by atoms with E-state index in [4.69, 9.17) is 0 Å². The Morgan fingerprint density at radius 2 is 1.62 bits per heavy atom. The van der Waals surface area contributed by atoms with Crippen molar-refractivity contribution in [3.63, 3.8) is 0 Å². The third kappa shape index (κ3) is 3.95. The number of anilines is 1. The molecule has 0 saturated heterocycles. The van der Waals surface area contributed by atoms with Gasteiger partial charge >= 0.3 is 0 Å². The molecule has 3 N–H and O–H groups in total. The zero-order valence-corrected chi connectivity index (χ0v) is 17.9. The number of carbonyl (C=O) groups excluding carboxylic acids is 1. The largest absolute Gasteiger partial charge is 0.508 e. The molecule has 0 radical (unpaired) electrons. The van der Waals surface area contributed by atoms with Crippen molar-refractivity contribution >= 4 is 22.4 Å². The summed E-state index contributed by atoms with van der Waals surface area (Å²) in [7, 11) is 1.58. The highest BCUT2D eigenvalue weighted by Crippen LogP contribution is 2.33. The second-order valence-electron chi connectivity index (χ2n) is 7.85. The van der Waals surface area contributed by atoms with Crippen molar-refractivity contribution in [3.05, 3.63) is 99.8 Å². The Hall–Kier alpha value is -4.06. The van der Waals surface area contributed by atoms with Crippen LogP contribution in [-0.2, 0) is 7.05 Å². The molecule has 0 fully saturated rings. The third-order valence-corrected chi connectivity index (χ3v) is 5.65. The molecule has 162 valence electrons. The summed E-state index contributed by atoms with van der Waals surface area (Å²) in [6, 6.07) is 20.7. The average Bonchev–Trinajstić information content (AvgIpc) is 2.79. The van der Waals surface area contributed by atoms with Gasteiger partial charge in [-0.25, -0.2) is 0 Å². The van der Waals surface area contributed by atoms with Crippen LogP contribution in [0.15, 0.2) is 77.6 Å². The van der Waals surface area contributed by atoms with E-state index in [-0.39, 0.29) is 23.5 Å². The first-order valence-corrected chi connectivity index (χ1v) is 10.3. The number of carbonyl (C=O) groups is 1. The number of aromatic hydroxyl groups is 2. The first-order valence-electron chi connectivity index (χ1n) is 10.3. The number of nitrogens with one attached hydrogen (secondary N) is 1. The molecule has 6 heteroatoms. The maximum Gasteiger partial charge on any atom is 0.265 e. The molecule has 6 nitrogen and oxygen atoms in total. The number of ketones is 1. The molecule has 0 spiro atoms. The van der Waals surface area contributed by atoms with Crippen LogP contribution >= 0.6 is 0 Å². The number of Topliss-reactive ketones (excluding diaryl/α,β-unsaturated/α-hetero) is 1. The smallest absolute Gasteiger partial charge is 0.265 e. The monoisotopic (exact) mass is 428 g/mol. The number of hydrogen-bond donors (Lipinski definition) is 3. The van der Waals surface area contributed by atoms with Gasteiger partial charge in [-0.3, -0.25) is 9.59 Å². The van der Waals surface area contributed by atoms with Gasteiger partial charge in [-0.05, 0) is 37.3 Å². The van der Waals surface area contributed by atoms with E-state index in [0.717, 1.165) is 11.3 Å². The molecule has 32 heavy (non-hydrogen) atoms. The van der Waals surface area contributed by atoms with Crippen molar-refractivity contribution in [2.75, 3.05) is 5.32 Å². The molecule has 4 aromatic rings. The van der Waals surface area contributed by atoms with Crippen LogP contribution in [0.1, 0.15) is 33.9 Å². The van der Waals surface area contributed by atoms with Gasteiger partial charge in [0.25, 0.3) is 5.56 Å². The number of nitrogens with zero attached hydrogens (tertiary/aromatic N) is 1. The van der Waals surface area contributed by atoms with Crippen LogP contribution in [0.5, 0.6) is 11.5 Å². The second-order valence-corrected chi connectivity index (χ2v) is 7.85. The average molecular weight is 428 g/mol. The van der Waals surface area contributed by atoms with Gasteiger partial charge in [-0.1, -0.05) is 48.0 Å². The van der Waals surface area contributed by atoms with Gasteiger partial charge in [-0.2, -0.15) is 0 Å². The summed E-state index contributed by atoms with van der Waals surface area (Å²) in [6.07, 6.45) is -0.132. The molecular formula is C26H24N2O4. The molecule has 3 aromatic carbocycles. The minimum atomic E-state index is -0.609. The topological polar surface area (TPSA) is 91.6 Å². The number of aromatic nitrogens is 1. The zero-order valence-electron chi connectivity index (χ0n) is 17.9. The van der Waals surface area contributed by atoms with E-state index < -0.39 is 17.4 Å². The fourth-order valence-electron chi connectivity index (χ4n) is 3.89. The van der Waals surface area contributed by atoms with Crippen LogP contribution in [0.4, 0.5) is 5.69 Å². The van der Waals surface area contributed by atoms with Crippen molar-refractivity contribution in [1.29, 1.82) is 0 Å². The van der Waals surface area contributed by atoms with Gasteiger partial charge in [0, 0.05) is 30.1 Å². The highest BCUT2D eigenvalue weighted by atomic mass is 16.3. The van der Waals surface area contributed by atoms with E-state index in [2.05, 4.69) is 5.32 Å². The lowest BCUT2D eigenvalue weighted by Crippen LogP contribution is -2.26. The number of para-hydroxylation sites is 2. The number of aryl methyl sites for hydroxylation is 2. The van der Waals surface area contributed by atoms with Crippen molar-refractivity contribution in [2.24, 2.45) is 7.05 Å². The summed E-state index contributed by atoms with van der Waals surface area (Å²) < 4.78 is 1.37. The molecular weight excluding hydrogens is 404 g/mol. The van der Waals surface area contributed by atoms with Crippen LogP contribution in [0.25, 0.3) is 10.9 Å². The number of hydrogen-bond acceptors (Lipinski definition) is 5. The van der Waals surface area contributed by atoms with Gasteiger partial charge < -0.3 is 20.1 Å². The fraction of sp³-hybridized carbons (Fsp3) is 0.154. The molecule has 0 aliphatic carbocycles. The molecule has 0 aliphatic rings. The second kappa shape index (κ2) is 8.59. The van der Waals surface area contributed by atoms with Crippen LogP contribution in [0.3, 0.4) is 0 Å². The quantitative estimate of drug-likeness (QED) is 0.388. The lowest BCUT2D eigenvalue weighted by atomic mass is 9.96. The molecule has 1 heterocycles. The molecule has 4 rings (SSSR count). The van der Waals surface area contributed by atoms with E-state index in [9.17, 15) is 19.8 Å². The van der Waals surface area contributed by atoms with Crippen molar-refractivity contribution in [3.8, 4) is 11.5 Å². The number of fused-ring (bicyclic) bond motifs is 1. The van der Waals surface area contributed by atoms with Gasteiger partial charge in [0.1, 0.15) is 17.1 Å². The van der Waals surface area contributed by atoms with E-state index >= 15 is 0 Å². The molecule has 1 unspecified atom stereocenters. The summed E-state index contributed by atoms with van der Waals surface area (Å²) in [6.45, 7) is 1.98. The summed E-state index contributed by atoms with van der Waals surface area (Å²) in [5.74, 6) is -0.790. The number of phenolic OH excluding ortho intramolecular Hbond substituents is 1. The highest BCUT2D eigenvalue weighted by molar-refractivity contribution is 6.03. The molecule has 0 amide bonds. The number of rotatable bonds is 6. The minimum Gasteiger partial charge on any atom is -0.508 e. The third-order valence-electron chi connectivity index (χ3n) is 5.65. The van der Waals surface area contributed by atoms with Crippen LogP contribution in [-0.4, -0.2) is 20.6 Å². The van der Waals surface area contributed by atoms with Gasteiger partial charge in [0.05, 0.1) is 11.6 Å². The maximum absolute atomic E-state index is 13.3. The molecule has 0 aliphatic heterocycles. The van der Waals surface area contributed by atoms with Gasteiger partial charge in [-0.15, -0.1) is 0 Å². The molecule has 0 saturated carbocycles. The van der Waals surface area contributed by atoms with Crippen molar-refractivity contribution in [1.82, 2.24) is 4.57 Å². The summed E-state index contributed by atoms with van der Waals surface area (Å²) in [4.78, 5) is 26.3. The minimum absolute atomic E-state index is 0.0422. The Morgan fingerprint density at radius 3 is 2.34 bits per heavy atom. The fourth-order valence-corrected chi connectivity index (χ4v) is 3.89. The number of pyridine rings is 1. The first kappa shape index (κ1) is 21.2. The van der Waals surface area contributed by atoms with Crippen LogP contribution < -0.4 is 10.9 Å². The van der Waals surface area contributed by atoms with E-state index in [1.54, 1.807) is 55.6 Å². The number of phenols is 1. The Kier molecular flexibility index (Phi) is 5.69. The SMILES string of the molecule is Cc1ccc(NC(CC(=O)c2c(O)c3ccccc3n(C)c2=O)c2ccccc2O)cc1. The van der Waals surface area contributed by atoms with Crippen molar-refractivity contribution in [2.45, 2.75) is 19.4 Å². The Morgan fingerprint density at radius 1 is 0.969 bits per heavy atom. The first-order chi connectivity index (χ1) is 15.4. The Balaban J connectivity index is 1.76. The summed E-state index contributed by atoms with van der Waals surface area (Å²) >= 11 is 0. The van der Waals surface area contributed by atoms with Gasteiger partial charge in [0.2, 0.25) is 0 Å². The predicted octanol–water partition coefficient (Wildman–Crippen LogP) is 4.68. The zero-order chi connectivity index (χ0) is 22.8. The Labute approximate surface area is 185 Å². The molecule has 1 aromatic heterocycles. The van der Waals surface area contributed by atoms with E-state index in [1.165, 1.54) is 4.57 Å². The lowest BCUT2D eigenvalue weighted by molar-refractivity contribution is 0.0972. The van der Waals surface area contributed by atoms with E-state index in [0.29, 0.717) is 16.5 Å². The van der Waals surface area contributed by atoms with Crippen LogP contribution in [0, 0.1) is 6.92 Å². The standard InChI is InChI=1S/C26H24N2O4/c1-16-11-13-17(14-12-16)27-20(18-7-4-6-10-22(18)29)15-23(30)24-25(31)19-8-3-5-9-21(19)28(2)26(24)32/h3-14,20,27,29,31H,15H2,1-2H3. The number of benzene rings is 3. The Bertz CT molecular complexity index is 1360. The molecule has 0 bridgehead atoms.